The molecule has 1 amide bonds. The molecule has 0 spiro atoms. The van der Waals surface area contributed by atoms with Crippen LogP contribution in [0.5, 0.6) is 0 Å². The van der Waals surface area contributed by atoms with Crippen LogP contribution in [-0.2, 0) is 16.0 Å². The molecule has 0 fully saturated rings. The van der Waals surface area contributed by atoms with Crippen LogP contribution in [0.15, 0.2) is 78.9 Å². The van der Waals surface area contributed by atoms with Crippen molar-refractivity contribution in [1.82, 2.24) is 4.98 Å². The predicted octanol–water partition coefficient (Wildman–Crippen LogP) is 5.18. The normalized spacial score (nSPS) is 14.8. The van der Waals surface area contributed by atoms with Gasteiger partial charge in [0.15, 0.2) is 6.61 Å². The summed E-state index contributed by atoms with van der Waals surface area (Å²) in [6.07, 6.45) is 0.770. The number of aromatic nitrogens is 1. The number of pyridine rings is 1. The van der Waals surface area contributed by atoms with Gasteiger partial charge in [-0.25, -0.2) is 14.2 Å². The second-order valence-electron chi connectivity index (χ2n) is 8.10. The molecule has 5 rings (SSSR count). The SMILES string of the molecule is CC1Cc2ccccc2N1C(=O)COC(=O)c1cc(-c2ccc(F)cc2)nc2ccccc12. The molecular weight excluding hydrogens is 419 g/mol. The molecule has 0 N–H and O–H groups in total. The third kappa shape index (κ3) is 3.96. The largest absolute Gasteiger partial charge is 0.452 e. The number of amides is 1. The molecular formula is C27H21FN2O3. The third-order valence-electron chi connectivity index (χ3n) is 5.88. The van der Waals surface area contributed by atoms with Crippen LogP contribution in [0, 0.1) is 5.82 Å². The number of nitrogens with zero attached hydrogens (tertiary/aromatic N) is 2. The predicted molar refractivity (Wildman–Crippen MR) is 125 cm³/mol. The van der Waals surface area contributed by atoms with Crippen molar-refractivity contribution in [1.29, 1.82) is 0 Å². The van der Waals surface area contributed by atoms with E-state index in [1.165, 1.54) is 12.1 Å². The summed E-state index contributed by atoms with van der Waals surface area (Å²) >= 11 is 0. The smallest absolute Gasteiger partial charge is 0.339 e. The first-order valence-corrected chi connectivity index (χ1v) is 10.7. The lowest BCUT2D eigenvalue weighted by Gasteiger charge is -2.22. The minimum atomic E-state index is -0.606. The Morgan fingerprint density at radius 2 is 1.76 bits per heavy atom. The van der Waals surface area contributed by atoms with Crippen LogP contribution in [0.25, 0.3) is 22.2 Å². The first-order chi connectivity index (χ1) is 16.0. The number of hydrogen-bond donors (Lipinski definition) is 0. The summed E-state index contributed by atoms with van der Waals surface area (Å²) in [5, 5.41) is 0.626. The second-order valence-corrected chi connectivity index (χ2v) is 8.10. The van der Waals surface area contributed by atoms with Crippen molar-refractivity contribution in [2.45, 2.75) is 19.4 Å². The Labute approximate surface area is 190 Å². The zero-order valence-electron chi connectivity index (χ0n) is 18.0. The Morgan fingerprint density at radius 3 is 2.58 bits per heavy atom. The van der Waals surface area contributed by atoms with Gasteiger partial charge < -0.3 is 9.64 Å². The number of anilines is 1. The Kier molecular flexibility index (Phi) is 5.34. The number of rotatable bonds is 4. The fraction of sp³-hybridized carbons (Fsp3) is 0.148. The van der Waals surface area contributed by atoms with Gasteiger partial charge in [0.05, 0.1) is 16.8 Å². The van der Waals surface area contributed by atoms with Crippen molar-refractivity contribution < 1.29 is 18.7 Å². The van der Waals surface area contributed by atoms with Crippen molar-refractivity contribution in [3.63, 3.8) is 0 Å². The zero-order valence-corrected chi connectivity index (χ0v) is 18.0. The third-order valence-corrected chi connectivity index (χ3v) is 5.88. The number of para-hydroxylation sites is 2. The maximum atomic E-state index is 13.4. The van der Waals surface area contributed by atoms with Crippen molar-refractivity contribution in [2.24, 2.45) is 0 Å². The number of esters is 1. The molecule has 0 aliphatic carbocycles. The fourth-order valence-electron chi connectivity index (χ4n) is 4.33. The topological polar surface area (TPSA) is 59.5 Å². The number of carbonyl (C=O) groups excluding carboxylic acids is 2. The molecule has 0 saturated carbocycles. The lowest BCUT2D eigenvalue weighted by Crippen LogP contribution is -2.38. The molecule has 0 radical (unpaired) electrons. The number of halogens is 1. The lowest BCUT2D eigenvalue weighted by molar-refractivity contribution is -0.122. The van der Waals surface area contributed by atoms with Gasteiger partial charge in [-0.3, -0.25) is 4.79 Å². The van der Waals surface area contributed by atoms with Gasteiger partial charge in [0.25, 0.3) is 5.91 Å². The Balaban J connectivity index is 1.41. The molecule has 1 aromatic heterocycles. The number of benzene rings is 3. The molecule has 0 bridgehead atoms. The van der Waals surface area contributed by atoms with Crippen molar-refractivity contribution in [3.05, 3.63) is 95.8 Å². The maximum absolute atomic E-state index is 13.4. The molecule has 1 unspecified atom stereocenters. The van der Waals surface area contributed by atoms with Crippen molar-refractivity contribution in [2.75, 3.05) is 11.5 Å². The van der Waals surface area contributed by atoms with Crippen LogP contribution < -0.4 is 4.90 Å². The molecule has 1 aliphatic heterocycles. The van der Waals surface area contributed by atoms with E-state index in [-0.39, 0.29) is 24.4 Å². The highest BCUT2D eigenvalue weighted by molar-refractivity contribution is 6.06. The Morgan fingerprint density at radius 1 is 1.03 bits per heavy atom. The highest BCUT2D eigenvalue weighted by Gasteiger charge is 2.31. The van der Waals surface area contributed by atoms with E-state index < -0.39 is 5.97 Å². The van der Waals surface area contributed by atoms with E-state index in [0.717, 1.165) is 17.7 Å². The molecule has 0 saturated heterocycles. The van der Waals surface area contributed by atoms with Crippen LogP contribution in [0.3, 0.4) is 0 Å². The van der Waals surface area contributed by atoms with E-state index >= 15 is 0 Å². The van der Waals surface area contributed by atoms with Crippen LogP contribution >= 0.6 is 0 Å². The molecule has 33 heavy (non-hydrogen) atoms. The number of ether oxygens (including phenoxy) is 1. The van der Waals surface area contributed by atoms with E-state index in [4.69, 9.17) is 4.74 Å². The van der Waals surface area contributed by atoms with Gasteiger partial charge in [-0.05, 0) is 61.4 Å². The first-order valence-electron chi connectivity index (χ1n) is 10.7. The van der Waals surface area contributed by atoms with Gasteiger partial charge in [0.1, 0.15) is 5.82 Å². The average Bonchev–Trinajstić information content (AvgIpc) is 3.17. The second kappa shape index (κ2) is 8.47. The molecule has 5 nitrogen and oxygen atoms in total. The monoisotopic (exact) mass is 440 g/mol. The highest BCUT2D eigenvalue weighted by atomic mass is 19.1. The van der Waals surface area contributed by atoms with Gasteiger partial charge in [-0.2, -0.15) is 0 Å². The number of hydrogen-bond acceptors (Lipinski definition) is 4. The maximum Gasteiger partial charge on any atom is 0.339 e. The van der Waals surface area contributed by atoms with Gasteiger partial charge in [0, 0.05) is 22.7 Å². The molecule has 2 heterocycles. The van der Waals surface area contributed by atoms with E-state index in [9.17, 15) is 14.0 Å². The summed E-state index contributed by atoms with van der Waals surface area (Å²) in [5.41, 5.74) is 4.08. The summed E-state index contributed by atoms with van der Waals surface area (Å²) in [6.45, 7) is 1.62. The summed E-state index contributed by atoms with van der Waals surface area (Å²) in [5.74, 6) is -1.22. The van der Waals surface area contributed by atoms with Crippen LogP contribution in [0.2, 0.25) is 0 Å². The summed E-state index contributed by atoms with van der Waals surface area (Å²) in [6, 6.07) is 22.5. The van der Waals surface area contributed by atoms with E-state index in [0.29, 0.717) is 27.7 Å². The molecule has 1 atom stereocenters. The van der Waals surface area contributed by atoms with Crippen LogP contribution in [-0.4, -0.2) is 29.5 Å². The minimum absolute atomic E-state index is 0.000404. The zero-order chi connectivity index (χ0) is 22.9. The van der Waals surface area contributed by atoms with E-state index in [1.54, 1.807) is 35.2 Å². The van der Waals surface area contributed by atoms with E-state index in [1.807, 2.05) is 43.3 Å². The van der Waals surface area contributed by atoms with Crippen LogP contribution in [0.4, 0.5) is 10.1 Å². The summed E-state index contributed by atoms with van der Waals surface area (Å²) in [7, 11) is 0. The number of carbonyl (C=O) groups is 2. The summed E-state index contributed by atoms with van der Waals surface area (Å²) < 4.78 is 18.8. The highest BCUT2D eigenvalue weighted by Crippen LogP contribution is 2.32. The fourth-order valence-corrected chi connectivity index (χ4v) is 4.33. The van der Waals surface area contributed by atoms with Crippen molar-refractivity contribution in [3.8, 4) is 11.3 Å². The Hall–Kier alpha value is -4.06. The standard InChI is InChI=1S/C27H21FN2O3/c1-17-14-19-6-2-5-9-25(19)30(17)26(31)16-33-27(32)22-15-24(18-10-12-20(28)13-11-18)29-23-8-4-3-7-21(22)23/h2-13,15,17H,14,16H2,1H3. The molecule has 3 aromatic carbocycles. The van der Waals surface area contributed by atoms with Gasteiger partial charge in [-0.1, -0.05) is 36.4 Å². The quantitative estimate of drug-likeness (QED) is 0.411. The minimum Gasteiger partial charge on any atom is -0.452 e. The average molecular weight is 440 g/mol. The van der Waals surface area contributed by atoms with Crippen molar-refractivity contribution >= 4 is 28.5 Å². The Bertz CT molecular complexity index is 1370. The van der Waals surface area contributed by atoms with Gasteiger partial charge >= 0.3 is 5.97 Å². The summed E-state index contributed by atoms with van der Waals surface area (Å²) in [4.78, 5) is 32.3. The molecule has 1 aliphatic rings. The number of fused-ring (bicyclic) bond motifs is 2. The van der Waals surface area contributed by atoms with Crippen LogP contribution in [0.1, 0.15) is 22.8 Å². The van der Waals surface area contributed by atoms with Gasteiger partial charge in [-0.15, -0.1) is 0 Å². The molecule has 6 heteroatoms. The molecule has 4 aromatic rings. The molecule has 164 valence electrons. The van der Waals surface area contributed by atoms with Gasteiger partial charge in [0.2, 0.25) is 0 Å². The van der Waals surface area contributed by atoms with E-state index in [2.05, 4.69) is 4.98 Å². The first kappa shape index (κ1) is 20.8. The lowest BCUT2D eigenvalue weighted by atomic mass is 10.0.